The van der Waals surface area contributed by atoms with Crippen molar-refractivity contribution in [3.8, 4) is 0 Å². The Morgan fingerprint density at radius 1 is 0.242 bits per heavy atom. The molecule has 124 heavy (non-hydrogen) atoms. The number of aliphatic imine (C=N–C) groups is 1. The number of piperazine rings is 2. The molecule has 0 radical (unpaired) electrons. The summed E-state index contributed by atoms with van der Waals surface area (Å²) in [4.78, 5) is 29.5. The number of piperidine rings is 2. The number of nitrogens with zero attached hydrogens (tertiary/aromatic N) is 11. The SMILES string of the molecule is C1=CNC=CC1.C1=NCCN1.C1CCNC1.C1CCNCC1.C1CNCCN1.C1CNCN1.C1COCCN1.CC.CC.CC.CC.CC.CC.CC.CC.CC.CC.CC.CC.CC.CC.CC.CC.CC.CC.CC.CC.CC.CC.CC.CN1CCCCC1.CN1CCN(C)CC1.c1ccncc1.c1ccnnc1.c1cnccn1.c1cncnc1. The topological polar surface area (TPSA) is 230 Å². The van der Waals surface area contributed by atoms with E-state index in [1.165, 1.54) is 123 Å². The lowest BCUT2D eigenvalue weighted by atomic mass is 10.1. The summed E-state index contributed by atoms with van der Waals surface area (Å²) in [6.07, 6.45) is 40.3. The minimum atomic E-state index is 0.889. The Bertz CT molecular complexity index is 1390. The molecule has 0 atom stereocenters. The number of dihydropyridines is 1. The van der Waals surface area contributed by atoms with Gasteiger partial charge in [0.1, 0.15) is 6.33 Å². The van der Waals surface area contributed by atoms with Gasteiger partial charge in [-0.05, 0) is 148 Å². The fraction of sp³-hybridized carbons (Fsp3) is 0.786. The number of hydrogen-bond donors (Lipinski definition) is 9. The highest BCUT2D eigenvalue weighted by Crippen LogP contribution is 2.04. The number of aromatic nitrogens is 7. The summed E-state index contributed by atoms with van der Waals surface area (Å²) in [6.45, 7) is 118. The fourth-order valence-corrected chi connectivity index (χ4v) is 6.75. The van der Waals surface area contributed by atoms with Gasteiger partial charge >= 0.3 is 0 Å². The minimum absolute atomic E-state index is 0.889. The van der Waals surface area contributed by atoms with Crippen LogP contribution in [-0.4, -0.2) is 228 Å². The van der Waals surface area contributed by atoms with Crippen molar-refractivity contribution < 1.29 is 4.74 Å². The van der Waals surface area contributed by atoms with Crippen molar-refractivity contribution in [2.75, 3.05) is 172 Å². The van der Waals surface area contributed by atoms with Gasteiger partial charge in [0.25, 0.3) is 0 Å². The van der Waals surface area contributed by atoms with E-state index in [0.717, 1.165) is 91.8 Å². The molecule has 13 heterocycles. The number of allylic oxidation sites excluding steroid dienone is 2. The number of likely N-dealkylation sites (tertiary alicyclic amines) is 1. The van der Waals surface area contributed by atoms with Gasteiger partial charge in [-0.15, -0.1) is 0 Å². The van der Waals surface area contributed by atoms with Crippen LogP contribution in [0.5, 0.6) is 0 Å². The third kappa shape index (κ3) is 273. The molecule has 0 saturated carbocycles. The maximum Gasteiger partial charge on any atom is 0.115 e. The molecule has 21 heteroatoms. The standard InChI is InChI=1S/C6H14N2.C6H13N.C5H11N.C5H7N.C5H5N.C4H10N2.3C4H4N2.C4H9NO.C4H9N.C3H8N2.C3H6N2.23C2H6/c1-7-3-5-8(2)6-4-7;1-7-5-3-2-4-6-7;3*1-2-4-6-5-3-1;2*1-2-6-4-3-5-1;1-2-5-4-6-3-1;1-2-4-6-5-3-1;1-3-6-4-2-5-1;1-2-4-5-3-1;2*1-2-5-3-4-1;23*1-2/h3-6H2,1-2H3;2-6H2,1H3;6H,1-5H2;2-6H,1H2;1-5H;5-6H,1-4H2;3*1-4H;5H,1-4H2;5H,1-4H2;4-5H,1-3H2;3H,1-2H2,(H,4,5);23*1-2H3. The van der Waals surface area contributed by atoms with E-state index >= 15 is 0 Å². The van der Waals surface area contributed by atoms with Crippen molar-refractivity contribution in [1.29, 1.82) is 0 Å². The molecule has 7 saturated heterocycles. The molecule has 0 bridgehead atoms. The van der Waals surface area contributed by atoms with Gasteiger partial charge in [0, 0.05) is 154 Å². The molecule has 0 amide bonds. The van der Waals surface area contributed by atoms with E-state index in [1.807, 2.05) is 361 Å². The first-order valence-electron chi connectivity index (χ1n) is 51.5. The number of pyridine rings is 1. The smallest absolute Gasteiger partial charge is 0.115 e. The van der Waals surface area contributed by atoms with Crippen LogP contribution in [0.1, 0.15) is 376 Å². The normalized spacial score (nSPS) is 12.8. The maximum atomic E-state index is 5.01. The highest BCUT2D eigenvalue weighted by molar-refractivity contribution is 5.56. The molecule has 0 spiro atoms. The lowest BCUT2D eigenvalue weighted by Gasteiger charge is -2.28. The quantitative estimate of drug-likeness (QED) is 0.0797. The molecule has 9 N–H and O–H groups in total. The Morgan fingerprint density at radius 2 is 0.508 bits per heavy atom. The lowest BCUT2D eigenvalue weighted by Crippen LogP contribution is -2.42. The van der Waals surface area contributed by atoms with Crippen molar-refractivity contribution in [1.82, 2.24) is 97.7 Å². The highest BCUT2D eigenvalue weighted by Gasteiger charge is 2.08. The molecule has 9 aliphatic heterocycles. The first-order chi connectivity index (χ1) is 61.7. The molecule has 0 aliphatic carbocycles. The first kappa shape index (κ1) is 180. The van der Waals surface area contributed by atoms with Crippen LogP contribution < -0.4 is 47.9 Å². The molecular weight excluding hydrogens is 1530 g/mol. The highest BCUT2D eigenvalue weighted by atomic mass is 16.5. The second-order valence-electron chi connectivity index (χ2n) is 18.2. The molecule has 4 aromatic rings. The second kappa shape index (κ2) is 280. The Morgan fingerprint density at radius 3 is 0.629 bits per heavy atom. The van der Waals surface area contributed by atoms with E-state index < -0.39 is 0 Å². The van der Waals surface area contributed by atoms with Crippen LogP contribution >= 0.6 is 0 Å². The number of ether oxygens (including phenoxy) is 1. The predicted molar refractivity (Wildman–Crippen MR) is 584 cm³/mol. The van der Waals surface area contributed by atoms with Gasteiger partial charge in [-0.25, -0.2) is 9.97 Å². The van der Waals surface area contributed by atoms with Gasteiger partial charge in [0.05, 0.1) is 26.1 Å². The van der Waals surface area contributed by atoms with Gasteiger partial charge in [0.2, 0.25) is 0 Å². The van der Waals surface area contributed by atoms with E-state index in [1.54, 1.807) is 74.4 Å². The van der Waals surface area contributed by atoms with E-state index in [4.69, 9.17) is 4.74 Å². The van der Waals surface area contributed by atoms with Crippen molar-refractivity contribution >= 4 is 6.34 Å². The average molecular weight is 1780 g/mol. The van der Waals surface area contributed by atoms with Gasteiger partial charge in [-0.2, -0.15) is 10.2 Å². The minimum Gasteiger partial charge on any atom is -0.379 e. The molecule has 7 fully saturated rings. The third-order valence-corrected chi connectivity index (χ3v) is 11.3. The zero-order valence-electron chi connectivity index (χ0n) is 94.2. The van der Waals surface area contributed by atoms with Crippen molar-refractivity contribution in [3.63, 3.8) is 0 Å². The molecule has 4 aromatic heterocycles. The van der Waals surface area contributed by atoms with Crippen molar-refractivity contribution in [2.45, 2.75) is 376 Å². The van der Waals surface area contributed by atoms with Gasteiger partial charge in [-0.3, -0.25) is 19.9 Å². The summed E-state index contributed by atoms with van der Waals surface area (Å²) in [5.74, 6) is 0. The van der Waals surface area contributed by atoms with E-state index in [2.05, 4.69) is 136 Å². The monoisotopic (exact) mass is 1780 g/mol. The zero-order chi connectivity index (χ0) is 102. The van der Waals surface area contributed by atoms with Crippen molar-refractivity contribution in [2.24, 2.45) is 4.99 Å². The summed E-state index contributed by atoms with van der Waals surface area (Å²) in [6, 6.07) is 11.1. The number of hydrogen-bond acceptors (Lipinski definition) is 21. The van der Waals surface area contributed by atoms with Crippen LogP contribution in [-0.2, 0) is 4.74 Å². The van der Waals surface area contributed by atoms with Gasteiger partial charge in [0.15, 0.2) is 0 Å². The lowest BCUT2D eigenvalue weighted by molar-refractivity contribution is 0.109. The predicted octanol–water partition coefficient (Wildman–Crippen LogP) is 26.8. The third-order valence-electron chi connectivity index (χ3n) is 11.3. The molecule has 760 valence electrons. The molecule has 0 aromatic carbocycles. The Balaban J connectivity index is -0.0000000409. The molecular formula is C103H242N20O. The summed E-state index contributed by atoms with van der Waals surface area (Å²) < 4.78 is 5.01. The maximum absolute atomic E-state index is 5.01. The van der Waals surface area contributed by atoms with E-state index in [-0.39, 0.29) is 0 Å². The Labute approximate surface area is 787 Å². The molecule has 13 rings (SSSR count). The number of morpholine rings is 1. The Hall–Kier alpha value is -5.30. The van der Waals surface area contributed by atoms with Crippen LogP contribution in [0.3, 0.4) is 0 Å². The van der Waals surface area contributed by atoms with Crippen LogP contribution in [0.4, 0.5) is 0 Å². The summed E-state index contributed by atoms with van der Waals surface area (Å²) in [5.41, 5.74) is 0. The average Bonchev–Trinajstić information content (AvgIpc) is 1.02. The van der Waals surface area contributed by atoms with Crippen molar-refractivity contribution in [3.05, 3.63) is 129 Å². The first-order valence-corrected chi connectivity index (χ1v) is 51.5. The van der Waals surface area contributed by atoms with Gasteiger partial charge < -0.3 is 67.3 Å². The van der Waals surface area contributed by atoms with Gasteiger partial charge in [-0.1, -0.05) is 350 Å². The molecule has 9 aliphatic rings. The van der Waals surface area contributed by atoms with E-state index in [0.29, 0.717) is 0 Å². The molecule has 0 unspecified atom stereocenters. The summed E-state index contributed by atoms with van der Waals surface area (Å²) in [5, 5.41) is 35.3. The summed E-state index contributed by atoms with van der Waals surface area (Å²) >= 11 is 0. The largest absolute Gasteiger partial charge is 0.379 e. The van der Waals surface area contributed by atoms with E-state index in [9.17, 15) is 0 Å². The van der Waals surface area contributed by atoms with Crippen LogP contribution in [0.25, 0.3) is 0 Å². The number of rotatable bonds is 0. The zero-order valence-corrected chi connectivity index (χ0v) is 94.2. The van der Waals surface area contributed by atoms with Crippen LogP contribution in [0, 0.1) is 0 Å². The number of nitrogens with one attached hydrogen (secondary N) is 9. The fourth-order valence-electron chi connectivity index (χ4n) is 6.75. The molecule has 21 nitrogen and oxygen atoms in total. The van der Waals surface area contributed by atoms with Crippen LogP contribution in [0.2, 0.25) is 0 Å². The van der Waals surface area contributed by atoms with Crippen LogP contribution in [0.15, 0.2) is 134 Å². The number of likely N-dealkylation sites (N-methyl/N-ethyl adjacent to an activating group) is 2. The Kier molecular flexibility index (Phi) is 405. The summed E-state index contributed by atoms with van der Waals surface area (Å²) in [7, 11) is 6.54. The second-order valence-corrected chi connectivity index (χ2v) is 18.2.